The highest BCUT2D eigenvalue weighted by Crippen LogP contribution is 2.37. The number of thiophene rings is 1. The van der Waals surface area contributed by atoms with Crippen LogP contribution in [0.15, 0.2) is 82.6 Å². The molecule has 1 N–H and O–H groups in total. The summed E-state index contributed by atoms with van der Waals surface area (Å²) in [7, 11) is 0. The summed E-state index contributed by atoms with van der Waals surface area (Å²) in [4.78, 5) is 16.6. The van der Waals surface area contributed by atoms with Crippen LogP contribution in [0.4, 0.5) is 0 Å². The molecule has 6 nitrogen and oxygen atoms in total. The number of carboxylic acid groups (broad SMARTS) is 1. The van der Waals surface area contributed by atoms with E-state index in [-0.39, 0.29) is 23.6 Å². The second kappa shape index (κ2) is 8.61. The highest BCUT2D eigenvalue weighted by Gasteiger charge is 2.20. The van der Waals surface area contributed by atoms with Crippen LogP contribution in [0.3, 0.4) is 0 Å². The molecule has 3 heterocycles. The molecule has 7 heteroatoms. The second-order valence-electron chi connectivity index (χ2n) is 7.26. The van der Waals surface area contributed by atoms with E-state index in [0.29, 0.717) is 17.0 Å². The molecule has 0 bridgehead atoms. The van der Waals surface area contributed by atoms with Crippen LogP contribution < -0.4 is 4.74 Å². The molecule has 0 atom stereocenters. The number of rotatable bonds is 6. The van der Waals surface area contributed by atoms with Gasteiger partial charge in [-0.1, -0.05) is 36.4 Å². The van der Waals surface area contributed by atoms with Crippen molar-refractivity contribution in [1.82, 2.24) is 4.98 Å². The molecule has 0 spiro atoms. The Bertz CT molecular complexity index is 1460. The van der Waals surface area contributed by atoms with Crippen molar-refractivity contribution in [2.45, 2.75) is 6.61 Å². The lowest BCUT2D eigenvalue weighted by Crippen LogP contribution is -2.03. The smallest absolute Gasteiger partial charge is 0.335 e. The van der Waals surface area contributed by atoms with Gasteiger partial charge in [0.2, 0.25) is 5.88 Å². The van der Waals surface area contributed by atoms with Gasteiger partial charge in [-0.15, -0.1) is 11.3 Å². The van der Waals surface area contributed by atoms with Crippen molar-refractivity contribution in [1.29, 1.82) is 5.26 Å². The van der Waals surface area contributed by atoms with Crippen molar-refractivity contribution in [3.63, 3.8) is 0 Å². The molecule has 3 aromatic heterocycles. The predicted octanol–water partition coefficient (Wildman–Crippen LogP) is 6.37. The first-order valence-corrected chi connectivity index (χ1v) is 10.9. The molecule has 160 valence electrons. The predicted molar refractivity (Wildman–Crippen MR) is 125 cm³/mol. The summed E-state index contributed by atoms with van der Waals surface area (Å²) in [6.45, 7) is 0.134. The lowest BCUT2D eigenvalue weighted by Gasteiger charge is -2.12. The topological polar surface area (TPSA) is 96.4 Å². The average Bonchev–Trinajstić information content (AvgIpc) is 3.52. The van der Waals surface area contributed by atoms with E-state index in [9.17, 15) is 10.1 Å². The molecule has 0 aliphatic carbocycles. The third-order valence-electron chi connectivity index (χ3n) is 5.14. The Morgan fingerprint density at radius 3 is 2.61 bits per heavy atom. The van der Waals surface area contributed by atoms with Crippen LogP contribution in [0, 0.1) is 11.3 Å². The molecule has 5 aromatic rings. The number of ether oxygens (including phenoxy) is 1. The molecule has 0 saturated carbocycles. The quantitative estimate of drug-likeness (QED) is 0.321. The Kier molecular flexibility index (Phi) is 5.35. The van der Waals surface area contributed by atoms with Gasteiger partial charge in [-0.25, -0.2) is 9.78 Å². The first kappa shape index (κ1) is 20.5. The van der Waals surface area contributed by atoms with Crippen molar-refractivity contribution in [3.8, 4) is 33.8 Å². The largest absolute Gasteiger partial charge is 0.478 e. The van der Waals surface area contributed by atoms with E-state index in [2.05, 4.69) is 11.1 Å². The molecule has 0 amide bonds. The molecule has 0 radical (unpaired) electrons. The zero-order chi connectivity index (χ0) is 22.8. The lowest BCUT2D eigenvalue weighted by atomic mass is 10.1. The van der Waals surface area contributed by atoms with Gasteiger partial charge >= 0.3 is 5.97 Å². The summed E-state index contributed by atoms with van der Waals surface area (Å²) < 4.78 is 12.0. The van der Waals surface area contributed by atoms with Crippen LogP contribution in [0.25, 0.3) is 32.9 Å². The minimum absolute atomic E-state index is 0.134. The number of hydrogen-bond acceptors (Lipinski definition) is 6. The number of carbonyl (C=O) groups is 1. The van der Waals surface area contributed by atoms with Crippen LogP contribution in [0.5, 0.6) is 5.88 Å². The van der Waals surface area contributed by atoms with Crippen molar-refractivity contribution in [2.24, 2.45) is 0 Å². The first-order chi connectivity index (χ1) is 16.1. The summed E-state index contributed by atoms with van der Waals surface area (Å²) in [6, 6.07) is 23.9. The normalized spacial score (nSPS) is 10.8. The number of hydrogen-bond donors (Lipinski definition) is 1. The molecule has 0 unspecified atom stereocenters. The number of fused-ring (bicyclic) bond motifs is 1. The maximum absolute atomic E-state index is 11.1. The number of aromatic nitrogens is 1. The van der Waals surface area contributed by atoms with Crippen molar-refractivity contribution in [2.75, 3.05) is 0 Å². The number of nitrogens with zero attached hydrogens (tertiary/aromatic N) is 2. The third kappa shape index (κ3) is 4.07. The lowest BCUT2D eigenvalue weighted by molar-refractivity contribution is 0.0697. The van der Waals surface area contributed by atoms with E-state index in [0.717, 1.165) is 21.4 Å². The molecule has 5 rings (SSSR count). The summed E-state index contributed by atoms with van der Waals surface area (Å²) >= 11 is 1.54. The Morgan fingerprint density at radius 2 is 1.91 bits per heavy atom. The van der Waals surface area contributed by atoms with Crippen molar-refractivity contribution >= 4 is 28.3 Å². The van der Waals surface area contributed by atoms with Crippen LogP contribution in [0.1, 0.15) is 21.5 Å². The zero-order valence-electron chi connectivity index (χ0n) is 17.2. The standard InChI is InChI=1S/C26H16N2O4S/c27-14-20-19(23-12-18-4-1-2-5-22(18)32-23)13-21(24-6-3-11-33-24)28-25(20)31-15-16-7-9-17(10-8-16)26(29)30/h1-13H,15H2,(H,29,30). The number of nitriles is 1. The maximum Gasteiger partial charge on any atom is 0.335 e. The van der Waals surface area contributed by atoms with Gasteiger partial charge in [0, 0.05) is 10.9 Å². The van der Waals surface area contributed by atoms with Gasteiger partial charge in [0.25, 0.3) is 0 Å². The van der Waals surface area contributed by atoms with E-state index in [4.69, 9.17) is 14.3 Å². The number of benzene rings is 2. The van der Waals surface area contributed by atoms with E-state index >= 15 is 0 Å². The van der Waals surface area contributed by atoms with Crippen molar-refractivity contribution in [3.05, 3.63) is 94.9 Å². The Morgan fingerprint density at radius 1 is 1.09 bits per heavy atom. The number of carboxylic acids is 1. The minimum Gasteiger partial charge on any atom is -0.478 e. The molecule has 0 saturated heterocycles. The average molecular weight is 452 g/mol. The molecule has 0 aliphatic rings. The summed E-state index contributed by atoms with van der Waals surface area (Å²) in [5.74, 6) is -0.236. The summed E-state index contributed by atoms with van der Waals surface area (Å²) in [6.07, 6.45) is 0. The fraction of sp³-hybridized carbons (Fsp3) is 0.0385. The van der Waals surface area contributed by atoms with Gasteiger partial charge in [0.05, 0.1) is 16.1 Å². The summed E-state index contributed by atoms with van der Waals surface area (Å²) in [5.41, 5.74) is 3.24. The molecule has 33 heavy (non-hydrogen) atoms. The van der Waals surface area contributed by atoms with Gasteiger partial charge in [-0.05, 0) is 47.3 Å². The van der Waals surface area contributed by atoms with Crippen LogP contribution in [-0.4, -0.2) is 16.1 Å². The van der Waals surface area contributed by atoms with Crippen LogP contribution in [-0.2, 0) is 6.61 Å². The molecular weight excluding hydrogens is 436 g/mol. The summed E-state index contributed by atoms with van der Waals surface area (Å²) in [5, 5.41) is 22.0. The van der Waals surface area contributed by atoms with E-state index < -0.39 is 5.97 Å². The van der Waals surface area contributed by atoms with Gasteiger partial charge in [-0.3, -0.25) is 0 Å². The minimum atomic E-state index is -0.991. The van der Waals surface area contributed by atoms with E-state index in [1.165, 1.54) is 23.5 Å². The Balaban J connectivity index is 1.57. The maximum atomic E-state index is 11.1. The second-order valence-corrected chi connectivity index (χ2v) is 8.21. The number of aromatic carboxylic acids is 1. The first-order valence-electron chi connectivity index (χ1n) is 10.1. The highest BCUT2D eigenvalue weighted by molar-refractivity contribution is 7.13. The number of para-hydroxylation sites is 1. The van der Waals surface area contributed by atoms with Gasteiger partial charge < -0.3 is 14.3 Å². The zero-order valence-corrected chi connectivity index (χ0v) is 18.0. The third-order valence-corrected chi connectivity index (χ3v) is 6.03. The monoisotopic (exact) mass is 452 g/mol. The van der Waals surface area contributed by atoms with Gasteiger partial charge in [0.1, 0.15) is 29.6 Å². The number of furan rings is 1. The molecule has 0 fully saturated rings. The van der Waals surface area contributed by atoms with Gasteiger partial charge in [0.15, 0.2) is 0 Å². The van der Waals surface area contributed by atoms with E-state index in [1.807, 2.05) is 53.9 Å². The fourth-order valence-corrected chi connectivity index (χ4v) is 4.18. The highest BCUT2D eigenvalue weighted by atomic mass is 32.1. The molecule has 2 aromatic carbocycles. The van der Waals surface area contributed by atoms with Crippen LogP contribution >= 0.6 is 11.3 Å². The van der Waals surface area contributed by atoms with Crippen molar-refractivity contribution < 1.29 is 19.1 Å². The fourth-order valence-electron chi connectivity index (χ4n) is 3.49. The SMILES string of the molecule is N#Cc1c(-c2cc3ccccc3o2)cc(-c2cccs2)nc1OCc1ccc(C(=O)O)cc1. The number of pyridine rings is 1. The Labute approximate surface area is 192 Å². The Hall–Kier alpha value is -4.41. The molecule has 0 aliphatic heterocycles. The van der Waals surface area contributed by atoms with Gasteiger partial charge in [-0.2, -0.15) is 5.26 Å². The van der Waals surface area contributed by atoms with E-state index in [1.54, 1.807) is 12.1 Å². The molecular formula is C26H16N2O4S. The van der Waals surface area contributed by atoms with Crippen LogP contribution in [0.2, 0.25) is 0 Å².